The zero-order valence-corrected chi connectivity index (χ0v) is 11.6. The van der Waals surface area contributed by atoms with Crippen molar-refractivity contribution in [1.82, 2.24) is 4.90 Å². The van der Waals surface area contributed by atoms with Crippen molar-refractivity contribution < 1.29 is 9.53 Å². The fraction of sp³-hybridized carbons (Fsp3) is 0.500. The Kier molecular flexibility index (Phi) is 5.65. The first-order chi connectivity index (χ1) is 8.52. The van der Waals surface area contributed by atoms with Crippen LogP contribution in [0, 0.1) is 0 Å². The number of methoxy groups -OCH3 is 1. The lowest BCUT2D eigenvalue weighted by Crippen LogP contribution is -2.23. The lowest BCUT2D eigenvalue weighted by molar-refractivity contribution is -0.127. The fourth-order valence-corrected chi connectivity index (χ4v) is 1.63. The van der Waals surface area contributed by atoms with Crippen LogP contribution in [0.2, 0.25) is 0 Å². The van der Waals surface area contributed by atoms with Gasteiger partial charge in [-0.05, 0) is 24.6 Å². The van der Waals surface area contributed by atoms with Crippen LogP contribution in [0.5, 0.6) is 0 Å². The zero-order chi connectivity index (χ0) is 13.5. The number of hydrogen-bond acceptors (Lipinski definition) is 3. The van der Waals surface area contributed by atoms with Gasteiger partial charge in [0.2, 0.25) is 5.91 Å². The Hall–Kier alpha value is -1.55. The van der Waals surface area contributed by atoms with Crippen LogP contribution in [0.4, 0.5) is 5.69 Å². The Labute approximate surface area is 109 Å². The van der Waals surface area contributed by atoms with Gasteiger partial charge in [0.05, 0.1) is 13.0 Å². The van der Waals surface area contributed by atoms with Gasteiger partial charge >= 0.3 is 0 Å². The largest absolute Gasteiger partial charge is 0.383 e. The minimum Gasteiger partial charge on any atom is -0.383 e. The van der Waals surface area contributed by atoms with Gasteiger partial charge in [0.1, 0.15) is 0 Å². The minimum atomic E-state index is 0.114. The first-order valence-electron chi connectivity index (χ1n) is 6.07. The fourth-order valence-electron chi connectivity index (χ4n) is 1.63. The molecule has 0 saturated carbocycles. The topological polar surface area (TPSA) is 41.6 Å². The molecule has 1 N–H and O–H groups in total. The van der Waals surface area contributed by atoms with E-state index in [0.29, 0.717) is 13.0 Å². The molecule has 100 valence electrons. The molecule has 0 saturated heterocycles. The number of anilines is 1. The van der Waals surface area contributed by atoms with Gasteiger partial charge in [0.15, 0.2) is 0 Å². The molecule has 1 aromatic rings. The van der Waals surface area contributed by atoms with E-state index in [9.17, 15) is 4.79 Å². The molecular weight excluding hydrogens is 228 g/mol. The van der Waals surface area contributed by atoms with E-state index in [1.54, 1.807) is 26.1 Å². The van der Waals surface area contributed by atoms with Crippen LogP contribution >= 0.6 is 0 Å². The number of carbonyl (C=O) groups excluding carboxylic acids is 1. The van der Waals surface area contributed by atoms with Gasteiger partial charge < -0.3 is 15.0 Å². The minimum absolute atomic E-state index is 0.114. The van der Waals surface area contributed by atoms with E-state index in [1.165, 1.54) is 0 Å². The van der Waals surface area contributed by atoms with Crippen molar-refractivity contribution >= 4 is 11.6 Å². The van der Waals surface area contributed by atoms with Crippen molar-refractivity contribution in [2.45, 2.75) is 19.4 Å². The van der Waals surface area contributed by atoms with Gasteiger partial charge in [-0.3, -0.25) is 4.79 Å². The number of likely N-dealkylation sites (N-methyl/N-ethyl adjacent to an activating group) is 1. The molecule has 18 heavy (non-hydrogen) atoms. The summed E-state index contributed by atoms with van der Waals surface area (Å²) in [7, 11) is 5.23. The number of amides is 1. The maximum absolute atomic E-state index is 11.6. The molecule has 0 aromatic heterocycles. The smallest absolute Gasteiger partial charge is 0.226 e. The molecule has 1 aromatic carbocycles. The van der Waals surface area contributed by atoms with Crippen LogP contribution in [0.3, 0.4) is 0 Å². The number of carbonyl (C=O) groups is 1. The molecule has 0 heterocycles. The van der Waals surface area contributed by atoms with Gasteiger partial charge in [-0.2, -0.15) is 0 Å². The molecule has 0 aliphatic carbocycles. The third kappa shape index (κ3) is 4.75. The third-order valence-corrected chi connectivity index (χ3v) is 2.64. The van der Waals surface area contributed by atoms with Gasteiger partial charge in [-0.1, -0.05) is 12.1 Å². The molecule has 1 atom stereocenters. The SMILES string of the molecule is COCC(C)Nc1ccc(CC(=O)N(C)C)cc1. The number of hydrogen-bond donors (Lipinski definition) is 1. The van der Waals surface area contributed by atoms with E-state index in [0.717, 1.165) is 11.3 Å². The second-order valence-electron chi connectivity index (χ2n) is 4.66. The van der Waals surface area contributed by atoms with E-state index < -0.39 is 0 Å². The average molecular weight is 250 g/mol. The van der Waals surface area contributed by atoms with Gasteiger partial charge in [-0.15, -0.1) is 0 Å². The normalized spacial score (nSPS) is 12.0. The van der Waals surface area contributed by atoms with Crippen LogP contribution < -0.4 is 5.32 Å². The third-order valence-electron chi connectivity index (χ3n) is 2.64. The highest BCUT2D eigenvalue weighted by Crippen LogP contribution is 2.11. The van der Waals surface area contributed by atoms with Crippen molar-refractivity contribution in [2.24, 2.45) is 0 Å². The molecule has 0 radical (unpaired) electrons. The maximum Gasteiger partial charge on any atom is 0.226 e. The van der Waals surface area contributed by atoms with Crippen LogP contribution in [-0.4, -0.2) is 44.7 Å². The summed E-state index contributed by atoms with van der Waals surface area (Å²) < 4.78 is 5.07. The Morgan fingerprint density at radius 3 is 2.44 bits per heavy atom. The summed E-state index contributed by atoms with van der Waals surface area (Å²) >= 11 is 0. The quantitative estimate of drug-likeness (QED) is 0.836. The van der Waals surface area contributed by atoms with Crippen molar-refractivity contribution in [1.29, 1.82) is 0 Å². The standard InChI is InChI=1S/C14H22N2O2/c1-11(10-18-4)15-13-7-5-12(6-8-13)9-14(17)16(2)3/h5-8,11,15H,9-10H2,1-4H3. The molecule has 1 amide bonds. The monoisotopic (exact) mass is 250 g/mol. The molecule has 0 bridgehead atoms. The van der Waals surface area contributed by atoms with Crippen molar-refractivity contribution in [3.05, 3.63) is 29.8 Å². The molecule has 4 heteroatoms. The summed E-state index contributed by atoms with van der Waals surface area (Å²) in [4.78, 5) is 13.2. The van der Waals surface area contributed by atoms with Gasteiger partial charge in [0, 0.05) is 32.9 Å². The van der Waals surface area contributed by atoms with E-state index in [-0.39, 0.29) is 11.9 Å². The Balaban J connectivity index is 2.54. The van der Waals surface area contributed by atoms with E-state index in [2.05, 4.69) is 12.2 Å². The van der Waals surface area contributed by atoms with Crippen LogP contribution in [0.1, 0.15) is 12.5 Å². The second kappa shape index (κ2) is 7.01. The zero-order valence-electron chi connectivity index (χ0n) is 11.6. The highest BCUT2D eigenvalue weighted by Gasteiger charge is 2.06. The summed E-state index contributed by atoms with van der Waals surface area (Å²) in [5.74, 6) is 0.114. The van der Waals surface area contributed by atoms with Crippen LogP contribution in [0.25, 0.3) is 0 Å². The van der Waals surface area contributed by atoms with Crippen molar-refractivity contribution in [3.63, 3.8) is 0 Å². The van der Waals surface area contributed by atoms with Gasteiger partial charge in [-0.25, -0.2) is 0 Å². The first kappa shape index (κ1) is 14.5. The summed E-state index contributed by atoms with van der Waals surface area (Å²) in [5.41, 5.74) is 2.07. The Morgan fingerprint density at radius 2 is 1.94 bits per heavy atom. The molecule has 1 unspecified atom stereocenters. The molecule has 0 aliphatic heterocycles. The summed E-state index contributed by atoms with van der Waals surface area (Å²) in [6, 6.07) is 8.20. The molecule has 4 nitrogen and oxygen atoms in total. The highest BCUT2D eigenvalue weighted by atomic mass is 16.5. The predicted molar refractivity (Wildman–Crippen MR) is 73.8 cm³/mol. The number of rotatable bonds is 6. The first-order valence-corrected chi connectivity index (χ1v) is 6.07. The van der Waals surface area contributed by atoms with E-state index in [4.69, 9.17) is 4.74 Å². The van der Waals surface area contributed by atoms with Crippen molar-refractivity contribution in [3.8, 4) is 0 Å². The number of ether oxygens (including phenoxy) is 1. The van der Waals surface area contributed by atoms with Crippen LogP contribution in [0.15, 0.2) is 24.3 Å². The summed E-state index contributed by atoms with van der Waals surface area (Å²) in [5, 5.41) is 3.33. The highest BCUT2D eigenvalue weighted by molar-refractivity contribution is 5.78. The Morgan fingerprint density at radius 1 is 1.33 bits per heavy atom. The second-order valence-corrected chi connectivity index (χ2v) is 4.66. The molecule has 1 rings (SSSR count). The van der Waals surface area contributed by atoms with E-state index in [1.807, 2.05) is 24.3 Å². The molecule has 0 fully saturated rings. The van der Waals surface area contributed by atoms with Gasteiger partial charge in [0.25, 0.3) is 0 Å². The molecular formula is C14H22N2O2. The summed E-state index contributed by atoms with van der Waals surface area (Å²) in [6.07, 6.45) is 0.445. The van der Waals surface area contributed by atoms with E-state index >= 15 is 0 Å². The van der Waals surface area contributed by atoms with Crippen LogP contribution in [-0.2, 0) is 16.0 Å². The molecule has 0 spiro atoms. The maximum atomic E-state index is 11.6. The summed E-state index contributed by atoms with van der Waals surface area (Å²) in [6.45, 7) is 2.73. The number of nitrogens with one attached hydrogen (secondary N) is 1. The average Bonchev–Trinajstić information content (AvgIpc) is 2.31. The predicted octanol–water partition coefficient (Wildman–Crippen LogP) is 1.76. The number of benzene rings is 1. The van der Waals surface area contributed by atoms with Crippen molar-refractivity contribution in [2.75, 3.05) is 33.1 Å². The lowest BCUT2D eigenvalue weighted by Gasteiger charge is -2.15. The number of nitrogens with zero attached hydrogens (tertiary/aromatic N) is 1. The molecule has 0 aliphatic rings. The Bertz CT molecular complexity index is 374. The lowest BCUT2D eigenvalue weighted by atomic mass is 10.1.